The standard InChI is InChI=1S/C22H34O4Si/c1-21(2,3)27(5,6)26-16-17-14-18(20(23)19(15-17)25-4)10-13-22(24)11-8-7-9-12-22/h14-15,23-24H,7-9,11-12,16H2,1-6H3. The highest BCUT2D eigenvalue weighted by atomic mass is 28.4. The van der Waals surface area contributed by atoms with Crippen molar-refractivity contribution in [1.82, 2.24) is 0 Å². The minimum Gasteiger partial charge on any atom is -0.503 e. The van der Waals surface area contributed by atoms with E-state index in [4.69, 9.17) is 9.16 Å². The summed E-state index contributed by atoms with van der Waals surface area (Å²) in [5, 5.41) is 21.2. The van der Waals surface area contributed by atoms with Crippen molar-refractivity contribution in [3.63, 3.8) is 0 Å². The highest BCUT2D eigenvalue weighted by Crippen LogP contribution is 2.38. The first-order valence-corrected chi connectivity index (χ1v) is 12.7. The Morgan fingerprint density at radius 1 is 1.15 bits per heavy atom. The van der Waals surface area contributed by atoms with Crippen molar-refractivity contribution in [3.8, 4) is 23.3 Å². The molecule has 1 aromatic carbocycles. The zero-order chi connectivity index (χ0) is 20.3. The van der Waals surface area contributed by atoms with Crippen LogP contribution in [0.4, 0.5) is 0 Å². The van der Waals surface area contributed by atoms with Crippen LogP contribution in [0.1, 0.15) is 64.0 Å². The topological polar surface area (TPSA) is 58.9 Å². The highest BCUT2D eigenvalue weighted by Gasteiger charge is 2.37. The van der Waals surface area contributed by atoms with E-state index in [0.717, 1.165) is 24.8 Å². The molecule has 0 bridgehead atoms. The lowest BCUT2D eigenvalue weighted by Gasteiger charge is -2.36. The monoisotopic (exact) mass is 390 g/mol. The fourth-order valence-corrected chi connectivity index (χ4v) is 3.89. The summed E-state index contributed by atoms with van der Waals surface area (Å²) in [4.78, 5) is 0. The molecule has 2 rings (SSSR count). The Hall–Kier alpha value is -1.48. The van der Waals surface area contributed by atoms with Crippen LogP contribution in [0.5, 0.6) is 11.5 Å². The average molecular weight is 391 g/mol. The largest absolute Gasteiger partial charge is 0.503 e. The van der Waals surface area contributed by atoms with E-state index in [0.29, 0.717) is 30.8 Å². The number of hydrogen-bond acceptors (Lipinski definition) is 4. The van der Waals surface area contributed by atoms with Gasteiger partial charge in [-0.25, -0.2) is 0 Å². The number of methoxy groups -OCH3 is 1. The Bertz CT molecular complexity index is 716. The molecule has 0 atom stereocenters. The van der Waals surface area contributed by atoms with Gasteiger partial charge in [0.25, 0.3) is 0 Å². The van der Waals surface area contributed by atoms with Crippen LogP contribution in [-0.2, 0) is 11.0 Å². The molecule has 27 heavy (non-hydrogen) atoms. The van der Waals surface area contributed by atoms with Gasteiger partial charge in [0.2, 0.25) is 0 Å². The number of aromatic hydroxyl groups is 1. The Balaban J connectivity index is 2.27. The van der Waals surface area contributed by atoms with Gasteiger partial charge in [-0.15, -0.1) is 0 Å². The quantitative estimate of drug-likeness (QED) is 0.563. The van der Waals surface area contributed by atoms with Gasteiger partial charge in [-0.2, -0.15) is 0 Å². The third kappa shape index (κ3) is 5.51. The first-order chi connectivity index (χ1) is 12.5. The Labute approximate surface area is 165 Å². The van der Waals surface area contributed by atoms with Gasteiger partial charge in [0.05, 0.1) is 19.3 Å². The average Bonchev–Trinajstić information content (AvgIpc) is 2.59. The van der Waals surface area contributed by atoms with E-state index in [-0.39, 0.29) is 10.8 Å². The predicted molar refractivity (Wildman–Crippen MR) is 112 cm³/mol. The lowest BCUT2D eigenvalue weighted by Crippen LogP contribution is -2.40. The molecule has 0 saturated heterocycles. The molecule has 0 amide bonds. The summed E-state index contributed by atoms with van der Waals surface area (Å²) in [5.74, 6) is 6.37. The van der Waals surface area contributed by atoms with Gasteiger partial charge >= 0.3 is 0 Å². The van der Waals surface area contributed by atoms with Gasteiger partial charge < -0.3 is 19.4 Å². The van der Waals surface area contributed by atoms with E-state index >= 15 is 0 Å². The first kappa shape index (κ1) is 21.8. The van der Waals surface area contributed by atoms with Crippen molar-refractivity contribution >= 4 is 8.32 Å². The molecule has 0 heterocycles. The van der Waals surface area contributed by atoms with E-state index in [2.05, 4.69) is 45.7 Å². The minimum absolute atomic E-state index is 0.0143. The number of benzene rings is 1. The Kier molecular flexibility index (Phi) is 6.67. The number of ether oxygens (including phenoxy) is 1. The van der Waals surface area contributed by atoms with Gasteiger partial charge in [0.15, 0.2) is 19.8 Å². The third-order valence-electron chi connectivity index (χ3n) is 5.87. The highest BCUT2D eigenvalue weighted by molar-refractivity contribution is 6.74. The van der Waals surface area contributed by atoms with Gasteiger partial charge in [-0.05, 0) is 61.5 Å². The zero-order valence-electron chi connectivity index (χ0n) is 17.6. The molecule has 1 aliphatic rings. The van der Waals surface area contributed by atoms with Gasteiger partial charge in [-0.1, -0.05) is 39.0 Å². The molecular weight excluding hydrogens is 356 g/mol. The van der Waals surface area contributed by atoms with Crippen LogP contribution < -0.4 is 4.74 Å². The van der Waals surface area contributed by atoms with E-state index in [1.807, 2.05) is 6.07 Å². The van der Waals surface area contributed by atoms with Crippen molar-refractivity contribution in [1.29, 1.82) is 0 Å². The number of phenols is 1. The van der Waals surface area contributed by atoms with Crippen molar-refractivity contribution in [3.05, 3.63) is 23.3 Å². The molecule has 0 aliphatic heterocycles. The zero-order valence-corrected chi connectivity index (χ0v) is 18.6. The van der Waals surface area contributed by atoms with E-state index in [1.54, 1.807) is 6.07 Å². The summed E-state index contributed by atoms with van der Waals surface area (Å²) in [5.41, 5.74) is 0.433. The number of hydrogen-bond donors (Lipinski definition) is 2. The van der Waals surface area contributed by atoms with Crippen LogP contribution in [-0.4, -0.2) is 31.2 Å². The fraction of sp³-hybridized carbons (Fsp3) is 0.636. The van der Waals surface area contributed by atoms with Gasteiger partial charge in [-0.3, -0.25) is 0 Å². The molecule has 5 heteroatoms. The predicted octanol–water partition coefficient (Wildman–Crippen LogP) is 4.97. The molecule has 1 aliphatic carbocycles. The van der Waals surface area contributed by atoms with E-state index in [9.17, 15) is 10.2 Å². The van der Waals surface area contributed by atoms with Crippen molar-refractivity contribution < 1.29 is 19.4 Å². The molecule has 1 aromatic rings. The summed E-state index contributed by atoms with van der Waals surface area (Å²) in [7, 11) is -0.356. The number of rotatable bonds is 4. The summed E-state index contributed by atoms with van der Waals surface area (Å²) >= 11 is 0. The molecule has 0 spiro atoms. The molecule has 1 fully saturated rings. The molecule has 2 N–H and O–H groups in total. The van der Waals surface area contributed by atoms with Crippen molar-refractivity contribution in [2.24, 2.45) is 0 Å². The van der Waals surface area contributed by atoms with Crippen LogP contribution >= 0.6 is 0 Å². The third-order valence-corrected chi connectivity index (χ3v) is 10.3. The van der Waals surface area contributed by atoms with Gasteiger partial charge in [0.1, 0.15) is 5.60 Å². The molecule has 150 valence electrons. The maximum absolute atomic E-state index is 10.6. The molecule has 0 aromatic heterocycles. The molecular formula is C22H34O4Si. The number of phenolic OH excluding ortho intramolecular Hbond substituents is 1. The van der Waals surface area contributed by atoms with Gasteiger partial charge in [0, 0.05) is 0 Å². The lowest BCUT2D eigenvalue weighted by molar-refractivity contribution is 0.0610. The van der Waals surface area contributed by atoms with Crippen LogP contribution in [0.2, 0.25) is 18.1 Å². The maximum Gasteiger partial charge on any atom is 0.192 e. The van der Waals surface area contributed by atoms with E-state index in [1.165, 1.54) is 7.11 Å². The molecule has 0 radical (unpaired) electrons. The molecule has 0 unspecified atom stereocenters. The minimum atomic E-state index is -1.88. The Morgan fingerprint density at radius 3 is 2.33 bits per heavy atom. The summed E-state index contributed by atoms with van der Waals surface area (Å²) in [6.07, 6.45) is 4.49. The van der Waals surface area contributed by atoms with Crippen molar-refractivity contribution in [2.75, 3.05) is 7.11 Å². The number of aliphatic hydroxyl groups is 1. The van der Waals surface area contributed by atoms with Crippen LogP contribution in [0, 0.1) is 11.8 Å². The van der Waals surface area contributed by atoms with Crippen LogP contribution in [0.3, 0.4) is 0 Å². The molecule has 1 saturated carbocycles. The van der Waals surface area contributed by atoms with Crippen LogP contribution in [0.15, 0.2) is 12.1 Å². The first-order valence-electron chi connectivity index (χ1n) is 9.77. The lowest BCUT2D eigenvalue weighted by atomic mass is 9.85. The second-order valence-electron chi connectivity index (χ2n) is 9.09. The van der Waals surface area contributed by atoms with E-state index < -0.39 is 13.9 Å². The summed E-state index contributed by atoms with van der Waals surface area (Å²) < 4.78 is 11.6. The SMILES string of the molecule is COc1cc(CO[Si](C)(C)C(C)(C)C)cc(C#CC2(O)CCCCC2)c1O. The fourth-order valence-electron chi connectivity index (χ4n) is 2.92. The van der Waals surface area contributed by atoms with Crippen LogP contribution in [0.25, 0.3) is 0 Å². The maximum atomic E-state index is 10.6. The Morgan fingerprint density at radius 2 is 1.78 bits per heavy atom. The second kappa shape index (κ2) is 8.26. The van der Waals surface area contributed by atoms with Crippen molar-refractivity contribution in [2.45, 2.75) is 83.2 Å². The smallest absolute Gasteiger partial charge is 0.192 e. The molecule has 4 nitrogen and oxygen atoms in total. The second-order valence-corrected chi connectivity index (χ2v) is 13.9. The summed E-state index contributed by atoms with van der Waals surface area (Å²) in [6.45, 7) is 11.5. The normalized spacial score (nSPS) is 17.1. The summed E-state index contributed by atoms with van der Waals surface area (Å²) in [6, 6.07) is 3.63.